The van der Waals surface area contributed by atoms with Crippen molar-refractivity contribution < 1.29 is 8.42 Å². The minimum atomic E-state index is -3.75. The number of nitrogens with zero attached hydrogens (tertiary/aromatic N) is 3. The highest BCUT2D eigenvalue weighted by Gasteiger charge is 2.33. The van der Waals surface area contributed by atoms with E-state index in [1.165, 1.54) is 0 Å². The number of anilines is 4. The van der Waals surface area contributed by atoms with Crippen molar-refractivity contribution in [2.24, 2.45) is 0 Å². The van der Waals surface area contributed by atoms with Crippen LogP contribution in [0.3, 0.4) is 0 Å². The number of nitrogen functional groups attached to an aromatic ring is 1. The number of aromatic nitrogens is 2. The fourth-order valence-electron chi connectivity index (χ4n) is 5.05. The molecular weight excluding hydrogens is 450 g/mol. The third kappa shape index (κ3) is 3.92. The molecule has 0 saturated heterocycles. The predicted octanol–water partition coefficient (Wildman–Crippen LogP) is 3.04. The maximum absolute atomic E-state index is 14.0. The van der Waals surface area contributed by atoms with E-state index < -0.39 is 10.0 Å². The molecule has 0 amide bonds. The van der Waals surface area contributed by atoms with E-state index in [-0.39, 0.29) is 12.0 Å². The summed E-state index contributed by atoms with van der Waals surface area (Å²) in [6, 6.07) is 11.5. The highest BCUT2D eigenvalue weighted by molar-refractivity contribution is 7.93. The lowest BCUT2D eigenvalue weighted by Gasteiger charge is -2.26. The average molecular weight is 480 g/mol. The summed E-state index contributed by atoms with van der Waals surface area (Å²) in [6.07, 6.45) is 1.27. The van der Waals surface area contributed by atoms with Crippen molar-refractivity contribution in [3.8, 4) is 0 Å². The Balaban J connectivity index is 1.51. The molecular formula is C24H29N7O2S. The highest BCUT2D eigenvalue weighted by atomic mass is 32.2. The van der Waals surface area contributed by atoms with Crippen LogP contribution in [-0.4, -0.2) is 31.0 Å². The Morgan fingerprint density at radius 1 is 1.12 bits per heavy atom. The van der Waals surface area contributed by atoms with Crippen LogP contribution in [0.15, 0.2) is 41.3 Å². The average Bonchev–Trinajstić information content (AvgIpc) is 3.14. The van der Waals surface area contributed by atoms with Gasteiger partial charge >= 0.3 is 0 Å². The predicted molar refractivity (Wildman–Crippen MR) is 134 cm³/mol. The number of sulfonamides is 1. The highest BCUT2D eigenvalue weighted by Crippen LogP contribution is 2.35. The quantitative estimate of drug-likeness (QED) is 0.450. The minimum Gasteiger partial charge on any atom is -0.368 e. The number of hydrogen-bond donors (Lipinski definition) is 4. The van der Waals surface area contributed by atoms with E-state index in [1.807, 2.05) is 57.2 Å². The van der Waals surface area contributed by atoms with Gasteiger partial charge in [0.1, 0.15) is 5.82 Å². The van der Waals surface area contributed by atoms with E-state index in [4.69, 9.17) is 5.73 Å². The SMILES string of the molecule is Cc1cc(C)c(S(=O)(=O)N2CCC(Nc3nc(N)nc4c3CNN4)Cc3ccccc32)c(C)c1. The van der Waals surface area contributed by atoms with Crippen LogP contribution >= 0.6 is 0 Å². The lowest BCUT2D eigenvalue weighted by atomic mass is 10.0. The van der Waals surface area contributed by atoms with Crippen LogP contribution in [0.1, 0.15) is 34.2 Å². The fourth-order valence-corrected chi connectivity index (χ4v) is 6.98. The van der Waals surface area contributed by atoms with Gasteiger partial charge in [-0.2, -0.15) is 9.97 Å². The first-order valence-electron chi connectivity index (χ1n) is 11.3. The van der Waals surface area contributed by atoms with Crippen LogP contribution in [0.2, 0.25) is 0 Å². The zero-order valence-corrected chi connectivity index (χ0v) is 20.3. The molecule has 9 nitrogen and oxygen atoms in total. The Morgan fingerprint density at radius 2 is 1.85 bits per heavy atom. The monoisotopic (exact) mass is 479 g/mol. The molecule has 3 heterocycles. The number of para-hydroxylation sites is 1. The zero-order chi connectivity index (χ0) is 24.0. The van der Waals surface area contributed by atoms with Gasteiger partial charge in [-0.3, -0.25) is 4.31 Å². The Bertz CT molecular complexity index is 1350. The van der Waals surface area contributed by atoms with E-state index in [0.717, 1.165) is 33.5 Å². The summed E-state index contributed by atoms with van der Waals surface area (Å²) in [4.78, 5) is 9.03. The lowest BCUT2D eigenvalue weighted by molar-refractivity contribution is 0.586. The molecule has 1 unspecified atom stereocenters. The summed E-state index contributed by atoms with van der Waals surface area (Å²) in [5.41, 5.74) is 17.1. The van der Waals surface area contributed by atoms with Gasteiger partial charge in [-0.1, -0.05) is 35.9 Å². The Hall–Kier alpha value is -3.37. The van der Waals surface area contributed by atoms with Gasteiger partial charge < -0.3 is 16.5 Å². The van der Waals surface area contributed by atoms with Gasteiger partial charge in [-0.05, 0) is 56.4 Å². The van der Waals surface area contributed by atoms with Gasteiger partial charge in [0, 0.05) is 19.1 Å². The van der Waals surface area contributed by atoms with Crippen molar-refractivity contribution in [1.29, 1.82) is 0 Å². The number of nitrogens with one attached hydrogen (secondary N) is 3. The molecule has 0 fully saturated rings. The molecule has 5 rings (SSSR count). The number of nitrogens with two attached hydrogens (primary N) is 1. The van der Waals surface area contributed by atoms with Gasteiger partial charge in [0.25, 0.3) is 10.0 Å². The van der Waals surface area contributed by atoms with E-state index in [2.05, 4.69) is 26.1 Å². The summed E-state index contributed by atoms with van der Waals surface area (Å²) < 4.78 is 29.5. The van der Waals surface area contributed by atoms with Crippen molar-refractivity contribution >= 4 is 33.3 Å². The van der Waals surface area contributed by atoms with Crippen molar-refractivity contribution in [3.63, 3.8) is 0 Å². The molecule has 10 heteroatoms. The Morgan fingerprint density at radius 3 is 2.62 bits per heavy atom. The van der Waals surface area contributed by atoms with E-state index >= 15 is 0 Å². The molecule has 34 heavy (non-hydrogen) atoms. The number of benzene rings is 2. The molecule has 1 aromatic heterocycles. The Kier molecular flexibility index (Phi) is 5.57. The second-order valence-electron chi connectivity index (χ2n) is 9.00. The molecule has 2 aromatic carbocycles. The lowest BCUT2D eigenvalue weighted by Crippen LogP contribution is -2.34. The van der Waals surface area contributed by atoms with Crippen LogP contribution in [0.25, 0.3) is 0 Å². The molecule has 0 aliphatic carbocycles. The second-order valence-corrected chi connectivity index (χ2v) is 10.8. The molecule has 3 aromatic rings. The number of hydrogen-bond acceptors (Lipinski definition) is 8. The summed E-state index contributed by atoms with van der Waals surface area (Å²) in [7, 11) is -3.75. The van der Waals surface area contributed by atoms with E-state index in [9.17, 15) is 8.42 Å². The van der Waals surface area contributed by atoms with Gasteiger partial charge in [0.2, 0.25) is 5.95 Å². The molecule has 0 spiro atoms. The van der Waals surface area contributed by atoms with Gasteiger partial charge in [-0.25, -0.2) is 13.8 Å². The topological polar surface area (TPSA) is 125 Å². The van der Waals surface area contributed by atoms with Crippen LogP contribution in [0.5, 0.6) is 0 Å². The number of fused-ring (bicyclic) bond motifs is 2. The molecule has 0 radical (unpaired) electrons. The first-order valence-corrected chi connectivity index (χ1v) is 12.8. The molecule has 178 valence electrons. The molecule has 0 bridgehead atoms. The summed E-state index contributed by atoms with van der Waals surface area (Å²) >= 11 is 0. The van der Waals surface area contributed by atoms with Crippen molar-refractivity contribution in [2.75, 3.05) is 27.3 Å². The van der Waals surface area contributed by atoms with Crippen LogP contribution in [-0.2, 0) is 23.0 Å². The number of rotatable bonds is 4. The van der Waals surface area contributed by atoms with Crippen molar-refractivity contribution in [3.05, 3.63) is 64.2 Å². The fraction of sp³-hybridized carbons (Fsp3) is 0.333. The first-order chi connectivity index (χ1) is 16.2. The first kappa shape index (κ1) is 22.4. The largest absolute Gasteiger partial charge is 0.368 e. The summed E-state index contributed by atoms with van der Waals surface area (Å²) in [5, 5.41) is 3.51. The maximum Gasteiger partial charge on any atom is 0.264 e. The van der Waals surface area contributed by atoms with Crippen LogP contribution in [0.4, 0.5) is 23.3 Å². The standard InChI is InChI=1S/C24H29N7O2S/c1-14-10-15(2)21(16(3)11-14)34(32,33)31-9-8-18(12-17-6-4-5-7-20(17)31)27-22-19-13-26-30-23(19)29-24(25)28-22/h4-7,10-11,18,26H,8-9,12-13H2,1-3H3,(H4,25,27,28,29,30). The molecule has 1 atom stereocenters. The van der Waals surface area contributed by atoms with Gasteiger partial charge in [-0.15, -0.1) is 0 Å². The minimum absolute atomic E-state index is 0.0273. The zero-order valence-electron chi connectivity index (χ0n) is 19.5. The van der Waals surface area contributed by atoms with E-state index in [1.54, 1.807) is 4.31 Å². The smallest absolute Gasteiger partial charge is 0.264 e. The van der Waals surface area contributed by atoms with Crippen molar-refractivity contribution in [2.45, 2.75) is 51.1 Å². The number of hydrazine groups is 1. The number of aryl methyl sites for hydroxylation is 3. The van der Waals surface area contributed by atoms with Gasteiger partial charge in [0.15, 0.2) is 5.82 Å². The van der Waals surface area contributed by atoms with E-state index in [0.29, 0.717) is 42.5 Å². The molecule has 5 N–H and O–H groups in total. The van der Waals surface area contributed by atoms with Crippen LogP contribution < -0.4 is 26.2 Å². The summed E-state index contributed by atoms with van der Waals surface area (Å²) in [5.74, 6) is 1.52. The molecule has 0 saturated carbocycles. The summed E-state index contributed by atoms with van der Waals surface area (Å²) in [6.45, 7) is 6.64. The maximum atomic E-state index is 14.0. The third-order valence-corrected chi connectivity index (χ3v) is 8.52. The Labute approximate surface area is 199 Å². The normalized spacial score (nSPS) is 17.5. The molecule has 2 aliphatic rings. The third-order valence-electron chi connectivity index (χ3n) is 6.40. The molecule has 2 aliphatic heterocycles. The van der Waals surface area contributed by atoms with Crippen molar-refractivity contribution in [1.82, 2.24) is 15.4 Å². The van der Waals surface area contributed by atoms with Crippen LogP contribution in [0, 0.1) is 20.8 Å². The second kappa shape index (κ2) is 8.44. The van der Waals surface area contributed by atoms with Gasteiger partial charge in [0.05, 0.1) is 16.1 Å².